The first-order chi connectivity index (χ1) is 8.50. The number of nitrogen functional groups attached to an aromatic ring is 1. The highest BCUT2D eigenvalue weighted by Crippen LogP contribution is 2.31. The van der Waals surface area contributed by atoms with Gasteiger partial charge in [0.25, 0.3) is 0 Å². The van der Waals surface area contributed by atoms with Crippen molar-refractivity contribution in [1.29, 1.82) is 0 Å². The Morgan fingerprint density at radius 3 is 2.72 bits per heavy atom. The van der Waals surface area contributed by atoms with Crippen LogP contribution < -0.4 is 11.1 Å². The maximum Gasteiger partial charge on any atom is 0.146 e. The van der Waals surface area contributed by atoms with Crippen molar-refractivity contribution in [3.63, 3.8) is 0 Å². The molecule has 0 radical (unpaired) electrons. The quantitative estimate of drug-likeness (QED) is 0.884. The van der Waals surface area contributed by atoms with Gasteiger partial charge >= 0.3 is 0 Å². The second-order valence-electron chi connectivity index (χ2n) is 4.06. The minimum atomic E-state index is -0.307. The first kappa shape index (κ1) is 12.8. The van der Waals surface area contributed by atoms with E-state index in [1.54, 1.807) is 12.3 Å². The van der Waals surface area contributed by atoms with Gasteiger partial charge in [0, 0.05) is 0 Å². The Labute approximate surface area is 113 Å². The molecule has 3 nitrogen and oxygen atoms in total. The van der Waals surface area contributed by atoms with E-state index in [9.17, 15) is 4.39 Å². The molecule has 5 heteroatoms. The molecule has 18 heavy (non-hydrogen) atoms. The van der Waals surface area contributed by atoms with Crippen LogP contribution in [0.15, 0.2) is 28.9 Å². The van der Waals surface area contributed by atoms with Crippen LogP contribution in [0.2, 0.25) is 0 Å². The first-order valence-electron chi connectivity index (χ1n) is 5.43. The summed E-state index contributed by atoms with van der Waals surface area (Å²) in [6, 6.07) is 4.92. The van der Waals surface area contributed by atoms with Crippen LogP contribution in [-0.2, 0) is 0 Å². The van der Waals surface area contributed by atoms with Crippen LogP contribution in [0.1, 0.15) is 11.1 Å². The lowest BCUT2D eigenvalue weighted by atomic mass is 10.2. The van der Waals surface area contributed by atoms with Gasteiger partial charge in [-0.25, -0.2) is 9.37 Å². The standard InChI is InChI=1S/C13H13BrFN3/c1-7-4-3-5-9(15)12(7)18-13-11(14)8(2)10(16)6-17-13/h3-6H,16H2,1-2H3,(H,17,18). The van der Waals surface area contributed by atoms with E-state index in [0.29, 0.717) is 17.2 Å². The number of hydrogen-bond acceptors (Lipinski definition) is 3. The molecule has 0 atom stereocenters. The van der Waals surface area contributed by atoms with E-state index in [4.69, 9.17) is 5.73 Å². The maximum atomic E-state index is 13.7. The Hall–Kier alpha value is -1.62. The minimum absolute atomic E-state index is 0.307. The number of pyridine rings is 1. The summed E-state index contributed by atoms with van der Waals surface area (Å²) in [7, 11) is 0. The number of para-hydroxylation sites is 1. The van der Waals surface area contributed by atoms with Gasteiger partial charge in [0.15, 0.2) is 0 Å². The van der Waals surface area contributed by atoms with Crippen LogP contribution in [0.25, 0.3) is 0 Å². The molecule has 2 rings (SSSR count). The van der Waals surface area contributed by atoms with E-state index in [1.807, 2.05) is 19.9 Å². The zero-order chi connectivity index (χ0) is 13.3. The zero-order valence-electron chi connectivity index (χ0n) is 10.1. The van der Waals surface area contributed by atoms with Gasteiger partial charge in [0.05, 0.1) is 22.0 Å². The fourth-order valence-electron chi connectivity index (χ4n) is 1.59. The number of nitrogens with one attached hydrogen (secondary N) is 1. The highest BCUT2D eigenvalue weighted by molar-refractivity contribution is 9.10. The van der Waals surface area contributed by atoms with Crippen LogP contribution >= 0.6 is 15.9 Å². The molecule has 1 aromatic heterocycles. The summed E-state index contributed by atoms with van der Waals surface area (Å²) < 4.78 is 14.5. The van der Waals surface area contributed by atoms with Crippen molar-refractivity contribution >= 4 is 33.1 Å². The number of anilines is 3. The van der Waals surface area contributed by atoms with Gasteiger partial charge in [0.1, 0.15) is 11.6 Å². The minimum Gasteiger partial charge on any atom is -0.397 e. The molecule has 0 fully saturated rings. The van der Waals surface area contributed by atoms with Gasteiger partial charge in [-0.3, -0.25) is 0 Å². The highest BCUT2D eigenvalue weighted by Gasteiger charge is 2.11. The van der Waals surface area contributed by atoms with Crippen molar-refractivity contribution in [2.24, 2.45) is 0 Å². The molecule has 0 bridgehead atoms. The van der Waals surface area contributed by atoms with E-state index in [-0.39, 0.29) is 5.82 Å². The van der Waals surface area contributed by atoms with Gasteiger partial charge in [0.2, 0.25) is 0 Å². The van der Waals surface area contributed by atoms with Crippen molar-refractivity contribution in [3.05, 3.63) is 45.8 Å². The number of aromatic nitrogens is 1. The monoisotopic (exact) mass is 309 g/mol. The molecule has 1 heterocycles. The summed E-state index contributed by atoms with van der Waals surface area (Å²) >= 11 is 3.41. The van der Waals surface area contributed by atoms with Crippen LogP contribution in [-0.4, -0.2) is 4.98 Å². The molecule has 0 aliphatic heterocycles. The average Bonchev–Trinajstić information content (AvgIpc) is 2.34. The van der Waals surface area contributed by atoms with Gasteiger partial charge in [-0.2, -0.15) is 0 Å². The van der Waals surface area contributed by atoms with E-state index < -0.39 is 0 Å². The largest absolute Gasteiger partial charge is 0.397 e. The second-order valence-corrected chi connectivity index (χ2v) is 4.85. The Kier molecular flexibility index (Phi) is 3.52. The van der Waals surface area contributed by atoms with Crippen LogP contribution in [0.4, 0.5) is 21.6 Å². The first-order valence-corrected chi connectivity index (χ1v) is 6.22. The number of nitrogens with zero attached hydrogens (tertiary/aromatic N) is 1. The SMILES string of the molecule is Cc1cccc(F)c1Nc1ncc(N)c(C)c1Br. The molecule has 0 saturated heterocycles. The predicted octanol–water partition coefficient (Wildman–Crippen LogP) is 3.93. The van der Waals surface area contributed by atoms with Crippen molar-refractivity contribution < 1.29 is 4.39 Å². The van der Waals surface area contributed by atoms with Crippen LogP contribution in [0, 0.1) is 19.7 Å². The molecule has 0 aliphatic carbocycles. The van der Waals surface area contributed by atoms with Gasteiger partial charge in [-0.1, -0.05) is 12.1 Å². The van der Waals surface area contributed by atoms with Gasteiger partial charge < -0.3 is 11.1 Å². The fraction of sp³-hybridized carbons (Fsp3) is 0.154. The molecule has 3 N–H and O–H groups in total. The molecular weight excluding hydrogens is 297 g/mol. The fourth-order valence-corrected chi connectivity index (χ4v) is 2.02. The summed E-state index contributed by atoms with van der Waals surface area (Å²) in [6.45, 7) is 3.71. The third-order valence-corrected chi connectivity index (χ3v) is 3.74. The Morgan fingerprint density at radius 1 is 1.33 bits per heavy atom. The number of benzene rings is 1. The lowest BCUT2D eigenvalue weighted by molar-refractivity contribution is 0.630. The molecule has 0 saturated carbocycles. The van der Waals surface area contributed by atoms with Crippen molar-refractivity contribution in [1.82, 2.24) is 4.98 Å². The molecule has 0 spiro atoms. The summed E-state index contributed by atoms with van der Waals surface area (Å²) in [6.07, 6.45) is 1.55. The molecule has 0 unspecified atom stereocenters. The number of hydrogen-bond donors (Lipinski definition) is 2. The smallest absolute Gasteiger partial charge is 0.146 e. The van der Waals surface area contributed by atoms with E-state index in [2.05, 4.69) is 26.2 Å². The Bertz CT molecular complexity index is 579. The highest BCUT2D eigenvalue weighted by atomic mass is 79.9. The summed E-state index contributed by atoms with van der Waals surface area (Å²) in [4.78, 5) is 4.17. The molecule has 0 amide bonds. The topological polar surface area (TPSA) is 50.9 Å². The van der Waals surface area contributed by atoms with Crippen molar-refractivity contribution in [2.75, 3.05) is 11.1 Å². The van der Waals surface area contributed by atoms with E-state index in [0.717, 1.165) is 15.6 Å². The van der Waals surface area contributed by atoms with Crippen molar-refractivity contribution in [2.45, 2.75) is 13.8 Å². The molecule has 1 aromatic carbocycles. The number of halogens is 2. The molecule has 2 aromatic rings. The number of aryl methyl sites for hydroxylation is 1. The zero-order valence-corrected chi connectivity index (χ0v) is 11.7. The summed E-state index contributed by atoms with van der Waals surface area (Å²) in [5.74, 6) is 0.244. The third-order valence-electron chi connectivity index (χ3n) is 2.77. The number of nitrogens with two attached hydrogens (primary N) is 1. The van der Waals surface area contributed by atoms with Gasteiger partial charge in [-0.15, -0.1) is 0 Å². The second kappa shape index (κ2) is 4.94. The average molecular weight is 310 g/mol. The molecular formula is C13H13BrFN3. The lowest BCUT2D eigenvalue weighted by Crippen LogP contribution is -2.02. The Morgan fingerprint density at radius 2 is 2.06 bits per heavy atom. The lowest BCUT2D eigenvalue weighted by Gasteiger charge is -2.13. The predicted molar refractivity (Wildman–Crippen MR) is 75.5 cm³/mol. The molecule has 94 valence electrons. The Balaban J connectivity index is 2.44. The number of rotatable bonds is 2. The van der Waals surface area contributed by atoms with E-state index >= 15 is 0 Å². The maximum absolute atomic E-state index is 13.7. The van der Waals surface area contributed by atoms with Crippen LogP contribution in [0.5, 0.6) is 0 Å². The third kappa shape index (κ3) is 2.31. The van der Waals surface area contributed by atoms with Gasteiger partial charge in [-0.05, 0) is 47.0 Å². The molecule has 0 aliphatic rings. The summed E-state index contributed by atoms with van der Waals surface area (Å²) in [5.41, 5.74) is 8.46. The summed E-state index contributed by atoms with van der Waals surface area (Å²) in [5, 5.41) is 2.99. The van der Waals surface area contributed by atoms with E-state index in [1.165, 1.54) is 6.07 Å². The van der Waals surface area contributed by atoms with Crippen LogP contribution in [0.3, 0.4) is 0 Å². The van der Waals surface area contributed by atoms with Crippen molar-refractivity contribution in [3.8, 4) is 0 Å². The normalized spacial score (nSPS) is 10.4.